The van der Waals surface area contributed by atoms with Crippen LogP contribution in [0.5, 0.6) is 5.75 Å². The molecule has 0 atom stereocenters. The van der Waals surface area contributed by atoms with Crippen LogP contribution in [0.2, 0.25) is 5.15 Å². The Morgan fingerprint density at radius 1 is 1.04 bits per heavy atom. The molecule has 0 aliphatic rings. The number of halogens is 4. The van der Waals surface area contributed by atoms with E-state index < -0.39 is 6.36 Å². The number of fused-ring (bicyclic) bond motifs is 1. The van der Waals surface area contributed by atoms with Crippen molar-refractivity contribution in [2.24, 2.45) is 0 Å². The molecule has 7 heteroatoms. The fraction of sp³-hybridized carbons (Fsp3) is 0.118. The van der Waals surface area contributed by atoms with Crippen LogP contribution in [0.4, 0.5) is 24.7 Å². The summed E-state index contributed by atoms with van der Waals surface area (Å²) in [6.45, 7) is 1.97. The van der Waals surface area contributed by atoms with Crippen molar-refractivity contribution < 1.29 is 17.9 Å². The first-order chi connectivity index (χ1) is 11.3. The molecule has 0 unspecified atom stereocenters. The zero-order valence-electron chi connectivity index (χ0n) is 12.5. The van der Waals surface area contributed by atoms with Gasteiger partial charge in [-0.1, -0.05) is 35.4 Å². The zero-order valence-corrected chi connectivity index (χ0v) is 13.2. The van der Waals surface area contributed by atoms with Gasteiger partial charge in [0.15, 0.2) is 0 Å². The Balaban J connectivity index is 1.90. The Labute approximate surface area is 141 Å². The molecule has 3 rings (SSSR count). The normalized spacial score (nSPS) is 11.5. The summed E-state index contributed by atoms with van der Waals surface area (Å²) in [6.07, 6.45) is -4.71. The highest BCUT2D eigenvalue weighted by Crippen LogP contribution is 2.29. The van der Waals surface area contributed by atoms with E-state index in [2.05, 4.69) is 15.0 Å². The molecular formula is C17H12ClF3N2O. The highest BCUT2D eigenvalue weighted by molar-refractivity contribution is 6.30. The lowest BCUT2D eigenvalue weighted by atomic mass is 10.1. The van der Waals surface area contributed by atoms with Crippen LogP contribution in [0, 0.1) is 6.92 Å². The van der Waals surface area contributed by atoms with Crippen molar-refractivity contribution in [3.05, 3.63) is 59.2 Å². The van der Waals surface area contributed by atoms with Crippen LogP contribution in [0.3, 0.4) is 0 Å². The van der Waals surface area contributed by atoms with Crippen LogP contribution in [-0.2, 0) is 0 Å². The summed E-state index contributed by atoms with van der Waals surface area (Å²) in [5.41, 5.74) is 1.66. The molecule has 0 amide bonds. The van der Waals surface area contributed by atoms with Crippen molar-refractivity contribution in [2.45, 2.75) is 13.3 Å². The second kappa shape index (κ2) is 6.20. The molecule has 3 nitrogen and oxygen atoms in total. The van der Waals surface area contributed by atoms with Gasteiger partial charge in [-0.15, -0.1) is 13.2 Å². The predicted molar refractivity (Wildman–Crippen MR) is 87.9 cm³/mol. The van der Waals surface area contributed by atoms with Gasteiger partial charge in [0.05, 0.1) is 0 Å². The van der Waals surface area contributed by atoms with E-state index in [0.29, 0.717) is 16.7 Å². The van der Waals surface area contributed by atoms with Gasteiger partial charge in [-0.05, 0) is 42.6 Å². The highest BCUT2D eigenvalue weighted by Gasteiger charge is 2.30. The molecule has 0 fully saturated rings. The van der Waals surface area contributed by atoms with E-state index in [9.17, 15) is 13.2 Å². The summed E-state index contributed by atoms with van der Waals surface area (Å²) in [4.78, 5) is 4.25. The van der Waals surface area contributed by atoms with E-state index in [1.807, 2.05) is 25.1 Å². The number of ether oxygens (including phenoxy) is 1. The number of alkyl halides is 3. The third-order valence-corrected chi connectivity index (χ3v) is 3.50. The van der Waals surface area contributed by atoms with E-state index in [4.69, 9.17) is 11.6 Å². The molecule has 2 aromatic carbocycles. The number of benzene rings is 2. The number of pyridine rings is 1. The summed E-state index contributed by atoms with van der Waals surface area (Å²) in [5, 5.41) is 5.18. The van der Waals surface area contributed by atoms with E-state index in [1.54, 1.807) is 6.07 Å². The molecule has 1 heterocycles. The summed E-state index contributed by atoms with van der Waals surface area (Å²) in [7, 11) is 0. The lowest BCUT2D eigenvalue weighted by Gasteiger charge is -2.12. The van der Waals surface area contributed by atoms with Crippen molar-refractivity contribution in [3.8, 4) is 5.75 Å². The quantitative estimate of drug-likeness (QED) is 0.601. The third kappa shape index (κ3) is 3.89. The summed E-state index contributed by atoms with van der Waals surface area (Å²) in [5.74, 6) is 0.245. The van der Waals surface area contributed by atoms with Gasteiger partial charge in [0, 0.05) is 11.1 Å². The molecule has 0 saturated heterocycles. The topological polar surface area (TPSA) is 34.1 Å². The maximum absolute atomic E-state index is 12.2. The second-order valence-electron chi connectivity index (χ2n) is 5.22. The molecular weight excluding hydrogens is 341 g/mol. The summed E-state index contributed by atoms with van der Waals surface area (Å²) < 4.78 is 40.4. The standard InChI is InChI=1S/C17H12ClF3N2O/c1-10-2-7-14-11(8-10)9-15(18)23-16(14)22-12-3-5-13(6-4-12)24-17(19,20)21/h2-9H,1H3,(H,22,23). The van der Waals surface area contributed by atoms with Crippen molar-refractivity contribution >= 4 is 33.9 Å². The maximum Gasteiger partial charge on any atom is 0.573 e. The van der Waals surface area contributed by atoms with Gasteiger partial charge in [-0.25, -0.2) is 4.98 Å². The molecule has 0 radical (unpaired) electrons. The number of aryl methyl sites for hydroxylation is 1. The van der Waals surface area contributed by atoms with Crippen LogP contribution in [0.15, 0.2) is 48.5 Å². The fourth-order valence-corrected chi connectivity index (χ4v) is 2.52. The number of aromatic nitrogens is 1. The Morgan fingerprint density at radius 2 is 1.75 bits per heavy atom. The first-order valence-electron chi connectivity index (χ1n) is 7.00. The van der Waals surface area contributed by atoms with E-state index in [1.165, 1.54) is 24.3 Å². The number of rotatable bonds is 3. The molecule has 0 aliphatic heterocycles. The van der Waals surface area contributed by atoms with Crippen LogP contribution in [-0.4, -0.2) is 11.3 Å². The Kier molecular flexibility index (Phi) is 4.24. The molecule has 3 aromatic rings. The Morgan fingerprint density at radius 3 is 2.42 bits per heavy atom. The Hall–Kier alpha value is -2.47. The lowest BCUT2D eigenvalue weighted by Crippen LogP contribution is -2.16. The van der Waals surface area contributed by atoms with Crippen LogP contribution < -0.4 is 10.1 Å². The molecule has 0 bridgehead atoms. The fourth-order valence-electron chi connectivity index (χ4n) is 2.32. The van der Waals surface area contributed by atoms with E-state index >= 15 is 0 Å². The SMILES string of the molecule is Cc1ccc2c(Nc3ccc(OC(F)(F)F)cc3)nc(Cl)cc2c1. The van der Waals surface area contributed by atoms with Gasteiger partial charge < -0.3 is 10.1 Å². The minimum absolute atomic E-state index is 0.285. The number of nitrogens with one attached hydrogen (secondary N) is 1. The Bertz CT molecular complexity index is 874. The van der Waals surface area contributed by atoms with Gasteiger partial charge in [0.2, 0.25) is 0 Å². The van der Waals surface area contributed by atoms with Gasteiger partial charge in [-0.3, -0.25) is 0 Å². The van der Waals surface area contributed by atoms with Crippen LogP contribution in [0.1, 0.15) is 5.56 Å². The molecule has 0 spiro atoms. The molecule has 1 N–H and O–H groups in total. The van der Waals surface area contributed by atoms with Gasteiger partial charge >= 0.3 is 6.36 Å². The van der Waals surface area contributed by atoms with Crippen molar-refractivity contribution in [1.29, 1.82) is 0 Å². The second-order valence-corrected chi connectivity index (χ2v) is 5.60. The molecule has 24 heavy (non-hydrogen) atoms. The molecule has 124 valence electrons. The number of nitrogens with zero attached hydrogens (tertiary/aromatic N) is 1. The summed E-state index contributed by atoms with van der Waals surface area (Å²) >= 11 is 6.04. The first-order valence-corrected chi connectivity index (χ1v) is 7.38. The van der Waals surface area contributed by atoms with Gasteiger partial charge in [0.25, 0.3) is 0 Å². The van der Waals surface area contributed by atoms with Gasteiger partial charge in [-0.2, -0.15) is 0 Å². The smallest absolute Gasteiger partial charge is 0.406 e. The van der Waals surface area contributed by atoms with Crippen molar-refractivity contribution in [3.63, 3.8) is 0 Å². The first kappa shape index (κ1) is 16.4. The van der Waals surface area contributed by atoms with E-state index in [-0.39, 0.29) is 5.75 Å². The average Bonchev–Trinajstić information content (AvgIpc) is 2.47. The number of anilines is 2. The predicted octanol–water partition coefficient (Wildman–Crippen LogP) is 5.84. The minimum Gasteiger partial charge on any atom is -0.406 e. The third-order valence-electron chi connectivity index (χ3n) is 3.31. The minimum atomic E-state index is -4.71. The van der Waals surface area contributed by atoms with Gasteiger partial charge in [0.1, 0.15) is 16.7 Å². The van der Waals surface area contributed by atoms with Crippen molar-refractivity contribution in [1.82, 2.24) is 4.98 Å². The largest absolute Gasteiger partial charge is 0.573 e. The lowest BCUT2D eigenvalue weighted by molar-refractivity contribution is -0.274. The summed E-state index contributed by atoms with van der Waals surface area (Å²) in [6, 6.07) is 13.0. The number of hydrogen-bond acceptors (Lipinski definition) is 3. The monoisotopic (exact) mass is 352 g/mol. The van der Waals surface area contributed by atoms with Crippen LogP contribution in [0.25, 0.3) is 10.8 Å². The molecule has 1 aromatic heterocycles. The maximum atomic E-state index is 12.2. The van der Waals surface area contributed by atoms with E-state index in [0.717, 1.165) is 16.3 Å². The molecule has 0 aliphatic carbocycles. The van der Waals surface area contributed by atoms with Crippen LogP contribution >= 0.6 is 11.6 Å². The zero-order chi connectivity index (χ0) is 17.3. The average molecular weight is 353 g/mol. The molecule has 0 saturated carbocycles. The number of hydrogen-bond donors (Lipinski definition) is 1. The van der Waals surface area contributed by atoms with Crippen molar-refractivity contribution in [2.75, 3.05) is 5.32 Å². The highest BCUT2D eigenvalue weighted by atomic mass is 35.5.